The van der Waals surface area contributed by atoms with Gasteiger partial charge in [0, 0.05) is 32.4 Å². The van der Waals surface area contributed by atoms with Crippen molar-refractivity contribution in [3.63, 3.8) is 0 Å². The van der Waals surface area contributed by atoms with Gasteiger partial charge in [0.25, 0.3) is 0 Å². The second kappa shape index (κ2) is 7.89. The number of aromatic nitrogens is 1. The van der Waals surface area contributed by atoms with Gasteiger partial charge in [0.15, 0.2) is 5.78 Å². The first-order chi connectivity index (χ1) is 13.0. The Balaban J connectivity index is 2.09. The lowest BCUT2D eigenvalue weighted by Gasteiger charge is -2.31. The van der Waals surface area contributed by atoms with E-state index in [-0.39, 0.29) is 29.1 Å². The second-order valence-electron chi connectivity index (χ2n) is 6.54. The maximum absolute atomic E-state index is 13.1. The molecule has 144 valence electrons. The number of pyridine rings is 1. The molecule has 27 heavy (non-hydrogen) atoms. The van der Waals surface area contributed by atoms with Crippen molar-refractivity contribution in [2.45, 2.75) is 0 Å². The molecule has 3 rings (SSSR count). The topological polar surface area (TPSA) is 80.6 Å². The highest BCUT2D eigenvalue weighted by molar-refractivity contribution is 6.16. The van der Waals surface area contributed by atoms with E-state index in [4.69, 9.17) is 9.47 Å². The molecule has 2 aromatic rings. The third-order valence-corrected chi connectivity index (χ3v) is 4.85. The van der Waals surface area contributed by atoms with Crippen molar-refractivity contribution >= 4 is 23.2 Å². The Hall–Kier alpha value is -2.71. The molecule has 1 saturated heterocycles. The number of rotatable bonds is 5. The molecule has 0 bridgehead atoms. The van der Waals surface area contributed by atoms with Crippen molar-refractivity contribution in [3.8, 4) is 0 Å². The number of piperazine rings is 1. The zero-order valence-corrected chi connectivity index (χ0v) is 15.7. The van der Waals surface area contributed by atoms with Gasteiger partial charge in [-0.1, -0.05) is 6.07 Å². The normalized spacial score (nSPS) is 15.7. The molecular weight excluding hydrogens is 350 g/mol. The minimum Gasteiger partial charge on any atom is -0.465 e. The summed E-state index contributed by atoms with van der Waals surface area (Å²) < 4.78 is 11.3. The van der Waals surface area contributed by atoms with Crippen molar-refractivity contribution in [3.05, 3.63) is 41.2 Å². The zero-order valence-electron chi connectivity index (χ0n) is 15.7. The van der Waals surface area contributed by atoms with Crippen LogP contribution in [0.4, 0.5) is 0 Å². The summed E-state index contributed by atoms with van der Waals surface area (Å²) >= 11 is 0. The summed E-state index contributed by atoms with van der Waals surface area (Å²) in [5.41, 5.74) is 0.588. The number of ether oxygens (including phenoxy) is 2. The smallest absolute Gasteiger partial charge is 0.341 e. The molecule has 8 heteroatoms. The highest BCUT2D eigenvalue weighted by atomic mass is 16.5. The van der Waals surface area contributed by atoms with Gasteiger partial charge in [-0.25, -0.2) is 9.59 Å². The molecule has 0 unspecified atom stereocenters. The van der Waals surface area contributed by atoms with E-state index in [9.17, 15) is 14.4 Å². The Morgan fingerprint density at radius 2 is 1.59 bits per heavy atom. The predicted octanol–water partition coefficient (Wildman–Crippen LogP) is 0.943. The van der Waals surface area contributed by atoms with Crippen LogP contribution in [0.5, 0.6) is 0 Å². The predicted molar refractivity (Wildman–Crippen MR) is 98.3 cm³/mol. The summed E-state index contributed by atoms with van der Waals surface area (Å²) in [7, 11) is 4.50. The van der Waals surface area contributed by atoms with E-state index >= 15 is 0 Å². The monoisotopic (exact) mass is 373 g/mol. The SMILES string of the molecule is COC(=O)c1c(C(=O)OC)c2ccccn2c1C(=O)CN1CCN(C)CC1. The molecule has 0 aliphatic carbocycles. The molecular formula is C19H23N3O5. The number of carbonyl (C=O) groups excluding carboxylic acids is 3. The van der Waals surface area contributed by atoms with Crippen LogP contribution in [0, 0.1) is 0 Å². The molecule has 0 spiro atoms. The number of hydrogen-bond donors (Lipinski definition) is 0. The first kappa shape index (κ1) is 19.1. The Morgan fingerprint density at radius 3 is 2.22 bits per heavy atom. The lowest BCUT2D eigenvalue weighted by atomic mass is 10.1. The van der Waals surface area contributed by atoms with Crippen molar-refractivity contribution in [1.82, 2.24) is 14.2 Å². The standard InChI is InChI=1S/C19H23N3O5/c1-20-8-10-21(11-9-20)12-14(23)17-16(19(25)27-3)15(18(24)26-2)13-6-4-5-7-22(13)17/h4-7H,8-12H2,1-3H3. The van der Waals surface area contributed by atoms with Crippen molar-refractivity contribution in [2.75, 3.05) is 54.0 Å². The summed E-state index contributed by atoms with van der Waals surface area (Å²) in [6.07, 6.45) is 1.66. The molecule has 8 nitrogen and oxygen atoms in total. The summed E-state index contributed by atoms with van der Waals surface area (Å²) in [6.45, 7) is 3.45. The highest BCUT2D eigenvalue weighted by Crippen LogP contribution is 2.26. The summed E-state index contributed by atoms with van der Waals surface area (Å²) in [5, 5.41) is 0. The van der Waals surface area contributed by atoms with Gasteiger partial charge >= 0.3 is 11.9 Å². The fourth-order valence-corrected chi connectivity index (χ4v) is 3.38. The molecule has 1 aliphatic heterocycles. The number of ketones is 1. The number of likely N-dealkylation sites (N-methyl/N-ethyl adjacent to an activating group) is 1. The van der Waals surface area contributed by atoms with Crippen LogP contribution in [-0.2, 0) is 9.47 Å². The fraction of sp³-hybridized carbons (Fsp3) is 0.421. The number of Topliss-reactive ketones (excluding diaryl/α,β-unsaturated/α-hetero) is 1. The third kappa shape index (κ3) is 3.58. The van der Waals surface area contributed by atoms with Crippen molar-refractivity contribution in [2.24, 2.45) is 0 Å². The van der Waals surface area contributed by atoms with Crippen LogP contribution in [0.3, 0.4) is 0 Å². The van der Waals surface area contributed by atoms with Gasteiger partial charge in [0.2, 0.25) is 0 Å². The van der Waals surface area contributed by atoms with Gasteiger partial charge < -0.3 is 18.8 Å². The third-order valence-electron chi connectivity index (χ3n) is 4.85. The van der Waals surface area contributed by atoms with Crippen LogP contribution in [0.25, 0.3) is 5.52 Å². The molecule has 1 aliphatic rings. The minimum absolute atomic E-state index is 0.0466. The quantitative estimate of drug-likeness (QED) is 0.570. The molecule has 3 heterocycles. The Bertz CT molecular complexity index is 881. The highest BCUT2D eigenvalue weighted by Gasteiger charge is 2.33. The fourth-order valence-electron chi connectivity index (χ4n) is 3.38. The minimum atomic E-state index is -0.735. The van der Waals surface area contributed by atoms with Crippen LogP contribution in [-0.4, -0.2) is 85.9 Å². The van der Waals surface area contributed by atoms with E-state index in [1.807, 2.05) is 11.9 Å². The number of nitrogens with zero attached hydrogens (tertiary/aromatic N) is 3. The van der Waals surface area contributed by atoms with E-state index in [0.717, 1.165) is 26.2 Å². The number of methoxy groups -OCH3 is 2. The van der Waals surface area contributed by atoms with Crippen LogP contribution < -0.4 is 0 Å². The Labute approximate surface area is 157 Å². The number of hydrogen-bond acceptors (Lipinski definition) is 7. The molecule has 0 aromatic carbocycles. The van der Waals surface area contributed by atoms with Crippen LogP contribution >= 0.6 is 0 Å². The summed E-state index contributed by atoms with van der Waals surface area (Å²) in [5.74, 6) is -1.66. The van der Waals surface area contributed by atoms with Crippen LogP contribution in [0.15, 0.2) is 24.4 Å². The van der Waals surface area contributed by atoms with Crippen LogP contribution in [0.1, 0.15) is 31.2 Å². The van der Waals surface area contributed by atoms with Gasteiger partial charge in [0.05, 0.1) is 26.3 Å². The lowest BCUT2D eigenvalue weighted by molar-refractivity contribution is 0.0556. The summed E-state index contributed by atoms with van der Waals surface area (Å²) in [4.78, 5) is 42.2. The van der Waals surface area contributed by atoms with Gasteiger partial charge in [-0.05, 0) is 19.2 Å². The number of esters is 2. The average molecular weight is 373 g/mol. The van der Waals surface area contributed by atoms with Crippen LogP contribution in [0.2, 0.25) is 0 Å². The molecule has 1 fully saturated rings. The van der Waals surface area contributed by atoms with Gasteiger partial charge in [-0.3, -0.25) is 9.69 Å². The van der Waals surface area contributed by atoms with E-state index < -0.39 is 11.9 Å². The Kier molecular flexibility index (Phi) is 5.57. The molecule has 0 radical (unpaired) electrons. The number of fused-ring (bicyclic) bond motifs is 1. The maximum Gasteiger partial charge on any atom is 0.341 e. The summed E-state index contributed by atoms with van der Waals surface area (Å²) in [6, 6.07) is 5.14. The second-order valence-corrected chi connectivity index (χ2v) is 6.54. The lowest BCUT2D eigenvalue weighted by Crippen LogP contribution is -2.46. The molecule has 2 aromatic heterocycles. The largest absolute Gasteiger partial charge is 0.465 e. The molecule has 0 saturated carbocycles. The van der Waals surface area contributed by atoms with Gasteiger partial charge in [-0.15, -0.1) is 0 Å². The first-order valence-electron chi connectivity index (χ1n) is 8.71. The van der Waals surface area contributed by atoms with E-state index in [0.29, 0.717) is 5.52 Å². The molecule has 0 atom stereocenters. The van der Waals surface area contributed by atoms with Crippen molar-refractivity contribution < 1.29 is 23.9 Å². The first-order valence-corrected chi connectivity index (χ1v) is 8.71. The van der Waals surface area contributed by atoms with Gasteiger partial charge in [0.1, 0.15) is 16.8 Å². The molecule has 0 amide bonds. The Morgan fingerprint density at radius 1 is 0.963 bits per heavy atom. The average Bonchev–Trinajstić information content (AvgIpc) is 3.03. The van der Waals surface area contributed by atoms with Crippen molar-refractivity contribution in [1.29, 1.82) is 0 Å². The molecule has 0 N–H and O–H groups in total. The zero-order chi connectivity index (χ0) is 19.6. The maximum atomic E-state index is 13.1. The van der Waals surface area contributed by atoms with Gasteiger partial charge in [-0.2, -0.15) is 0 Å². The number of carbonyl (C=O) groups is 3. The van der Waals surface area contributed by atoms with E-state index in [1.54, 1.807) is 28.8 Å². The van der Waals surface area contributed by atoms with E-state index in [2.05, 4.69) is 4.90 Å². The van der Waals surface area contributed by atoms with E-state index in [1.165, 1.54) is 14.2 Å².